The van der Waals surface area contributed by atoms with Crippen LogP contribution in [0.15, 0.2) is 78.0 Å². The van der Waals surface area contributed by atoms with Crippen LogP contribution in [-0.2, 0) is 17.8 Å². The Bertz CT molecular complexity index is 1320. The van der Waals surface area contributed by atoms with Crippen molar-refractivity contribution in [2.45, 2.75) is 37.2 Å². The summed E-state index contributed by atoms with van der Waals surface area (Å²) in [6, 6.07) is 23.7. The van der Waals surface area contributed by atoms with Crippen LogP contribution in [0.2, 0.25) is 0 Å². The van der Waals surface area contributed by atoms with Gasteiger partial charge < -0.3 is 14.8 Å². The molecule has 35 heavy (non-hydrogen) atoms. The van der Waals surface area contributed by atoms with Gasteiger partial charge in [-0.05, 0) is 48.7 Å². The van der Waals surface area contributed by atoms with Crippen molar-refractivity contribution in [3.63, 3.8) is 0 Å². The molecule has 0 spiro atoms. The molecule has 1 aromatic heterocycles. The fourth-order valence-electron chi connectivity index (χ4n) is 3.82. The van der Waals surface area contributed by atoms with Crippen LogP contribution < -0.4 is 14.8 Å². The van der Waals surface area contributed by atoms with Crippen molar-refractivity contribution in [3.8, 4) is 22.9 Å². The van der Waals surface area contributed by atoms with E-state index in [2.05, 4.69) is 22.4 Å². The Morgan fingerprint density at radius 1 is 1.00 bits per heavy atom. The highest BCUT2D eigenvalue weighted by atomic mass is 32.2. The van der Waals surface area contributed by atoms with E-state index < -0.39 is 0 Å². The monoisotopic (exact) mass is 486 g/mol. The predicted octanol–water partition coefficient (Wildman–Crippen LogP) is 5.40. The Labute approximate surface area is 208 Å². The molecule has 2 heterocycles. The van der Waals surface area contributed by atoms with Gasteiger partial charge in [0.05, 0.1) is 11.8 Å². The molecule has 7 nitrogen and oxygen atoms in total. The van der Waals surface area contributed by atoms with E-state index in [9.17, 15) is 4.79 Å². The van der Waals surface area contributed by atoms with Crippen molar-refractivity contribution in [1.82, 2.24) is 14.8 Å². The summed E-state index contributed by atoms with van der Waals surface area (Å²) in [6.07, 6.45) is 0.962. The number of benzene rings is 3. The minimum Gasteiger partial charge on any atom is -0.454 e. The minimum absolute atomic E-state index is 0.0851. The largest absolute Gasteiger partial charge is 0.454 e. The molecule has 1 unspecified atom stereocenters. The van der Waals surface area contributed by atoms with Crippen LogP contribution in [0.3, 0.4) is 0 Å². The van der Waals surface area contributed by atoms with Crippen LogP contribution in [0.25, 0.3) is 11.4 Å². The maximum atomic E-state index is 12.9. The standard InChI is InChI=1S/C27H26N4O3S/c1-3-19-9-12-22(13-10-19)28-26(32)18(2)35-27-30-29-25(21-7-5-4-6-8-21)31(27)16-20-11-14-23-24(15-20)34-17-33-23/h4-15,18H,3,16-17H2,1-2H3,(H,28,32). The molecule has 0 saturated carbocycles. The number of hydrogen-bond acceptors (Lipinski definition) is 6. The molecule has 178 valence electrons. The average Bonchev–Trinajstić information content (AvgIpc) is 3.52. The number of hydrogen-bond donors (Lipinski definition) is 1. The van der Waals surface area contributed by atoms with E-state index in [1.165, 1.54) is 17.3 Å². The molecule has 8 heteroatoms. The number of carbonyl (C=O) groups is 1. The molecule has 0 saturated heterocycles. The highest BCUT2D eigenvalue weighted by Gasteiger charge is 2.22. The Morgan fingerprint density at radius 2 is 1.74 bits per heavy atom. The first-order valence-electron chi connectivity index (χ1n) is 11.5. The van der Waals surface area contributed by atoms with E-state index >= 15 is 0 Å². The molecule has 1 N–H and O–H groups in total. The number of aryl methyl sites for hydroxylation is 1. The lowest BCUT2D eigenvalue weighted by molar-refractivity contribution is -0.115. The lowest BCUT2D eigenvalue weighted by atomic mass is 10.1. The van der Waals surface area contributed by atoms with Crippen LogP contribution in [0, 0.1) is 0 Å². The van der Waals surface area contributed by atoms with Crippen LogP contribution in [0.5, 0.6) is 11.5 Å². The summed E-state index contributed by atoms with van der Waals surface area (Å²) in [5.41, 5.74) is 4.00. The predicted molar refractivity (Wildman–Crippen MR) is 137 cm³/mol. The highest BCUT2D eigenvalue weighted by Crippen LogP contribution is 2.34. The van der Waals surface area contributed by atoms with Gasteiger partial charge in [-0.25, -0.2) is 0 Å². The Kier molecular flexibility index (Phi) is 6.72. The molecular formula is C27H26N4O3S. The zero-order valence-electron chi connectivity index (χ0n) is 19.6. The van der Waals surface area contributed by atoms with Crippen LogP contribution >= 0.6 is 11.8 Å². The Morgan fingerprint density at radius 3 is 2.51 bits per heavy atom. The minimum atomic E-state index is -0.371. The third-order valence-electron chi connectivity index (χ3n) is 5.81. The number of amides is 1. The molecule has 0 fully saturated rings. The van der Waals surface area contributed by atoms with Gasteiger partial charge in [-0.3, -0.25) is 9.36 Å². The third-order valence-corrected chi connectivity index (χ3v) is 6.89. The highest BCUT2D eigenvalue weighted by molar-refractivity contribution is 8.00. The normalized spacial score (nSPS) is 13.0. The van der Waals surface area contributed by atoms with Gasteiger partial charge in [0.25, 0.3) is 0 Å². The molecule has 1 aliphatic rings. The van der Waals surface area contributed by atoms with Crippen LogP contribution in [0.4, 0.5) is 5.69 Å². The number of aromatic nitrogens is 3. The van der Waals surface area contributed by atoms with Gasteiger partial charge in [-0.1, -0.05) is 67.2 Å². The molecule has 1 atom stereocenters. The average molecular weight is 487 g/mol. The molecule has 4 aromatic rings. The summed E-state index contributed by atoms with van der Waals surface area (Å²) in [5, 5.41) is 12.2. The fourth-order valence-corrected chi connectivity index (χ4v) is 4.67. The summed E-state index contributed by atoms with van der Waals surface area (Å²) in [5.74, 6) is 2.13. The first-order valence-corrected chi connectivity index (χ1v) is 12.4. The number of nitrogens with one attached hydrogen (secondary N) is 1. The number of anilines is 1. The van der Waals surface area contributed by atoms with Crippen molar-refractivity contribution in [2.24, 2.45) is 0 Å². The van der Waals surface area contributed by atoms with Gasteiger partial charge in [0.2, 0.25) is 12.7 Å². The molecular weight excluding hydrogens is 460 g/mol. The van der Waals surface area contributed by atoms with Gasteiger partial charge in [-0.15, -0.1) is 10.2 Å². The van der Waals surface area contributed by atoms with Crippen molar-refractivity contribution in [1.29, 1.82) is 0 Å². The number of ether oxygens (including phenoxy) is 2. The molecule has 1 amide bonds. The van der Waals surface area contributed by atoms with E-state index in [-0.39, 0.29) is 18.0 Å². The quantitative estimate of drug-likeness (QED) is 0.336. The maximum Gasteiger partial charge on any atom is 0.237 e. The number of thioether (sulfide) groups is 1. The van der Waals surface area contributed by atoms with Crippen molar-refractivity contribution >= 4 is 23.4 Å². The smallest absolute Gasteiger partial charge is 0.237 e. The lowest BCUT2D eigenvalue weighted by Gasteiger charge is -2.14. The summed E-state index contributed by atoms with van der Waals surface area (Å²) in [6.45, 7) is 4.75. The number of rotatable bonds is 8. The summed E-state index contributed by atoms with van der Waals surface area (Å²) < 4.78 is 13.0. The van der Waals surface area contributed by atoms with Crippen LogP contribution in [0.1, 0.15) is 25.0 Å². The fraction of sp³-hybridized carbons (Fsp3) is 0.222. The second-order valence-electron chi connectivity index (χ2n) is 8.25. The summed E-state index contributed by atoms with van der Waals surface area (Å²) in [4.78, 5) is 12.9. The first-order chi connectivity index (χ1) is 17.1. The lowest BCUT2D eigenvalue weighted by Crippen LogP contribution is -2.23. The maximum absolute atomic E-state index is 12.9. The zero-order valence-corrected chi connectivity index (χ0v) is 20.4. The van der Waals surface area contributed by atoms with Gasteiger partial charge in [0, 0.05) is 11.3 Å². The van der Waals surface area contributed by atoms with E-state index in [0.717, 1.165) is 40.6 Å². The van der Waals surface area contributed by atoms with E-state index in [1.807, 2.05) is 84.3 Å². The van der Waals surface area contributed by atoms with Crippen molar-refractivity contribution in [3.05, 3.63) is 83.9 Å². The second kappa shape index (κ2) is 10.2. The molecule has 3 aromatic carbocycles. The van der Waals surface area contributed by atoms with Gasteiger partial charge >= 0.3 is 0 Å². The SMILES string of the molecule is CCc1ccc(NC(=O)C(C)Sc2nnc(-c3ccccc3)n2Cc2ccc3c(c2)OCO3)cc1. The number of fused-ring (bicyclic) bond motifs is 1. The van der Waals surface area contributed by atoms with Crippen molar-refractivity contribution in [2.75, 3.05) is 12.1 Å². The first kappa shape index (κ1) is 23.0. The topological polar surface area (TPSA) is 78.3 Å². The number of carbonyl (C=O) groups excluding carboxylic acids is 1. The Balaban J connectivity index is 1.38. The van der Waals surface area contributed by atoms with E-state index in [4.69, 9.17) is 9.47 Å². The summed E-state index contributed by atoms with van der Waals surface area (Å²) >= 11 is 1.39. The molecule has 0 radical (unpaired) electrons. The molecule has 0 bridgehead atoms. The van der Waals surface area contributed by atoms with E-state index in [1.54, 1.807) is 0 Å². The molecule has 5 rings (SSSR count). The van der Waals surface area contributed by atoms with Gasteiger partial charge in [0.15, 0.2) is 22.5 Å². The van der Waals surface area contributed by atoms with E-state index in [0.29, 0.717) is 11.7 Å². The molecule has 1 aliphatic heterocycles. The van der Waals surface area contributed by atoms with Gasteiger partial charge in [0.1, 0.15) is 0 Å². The van der Waals surface area contributed by atoms with Gasteiger partial charge in [-0.2, -0.15) is 0 Å². The van der Waals surface area contributed by atoms with Crippen LogP contribution in [-0.4, -0.2) is 32.7 Å². The zero-order chi connectivity index (χ0) is 24.2. The number of nitrogens with zero attached hydrogens (tertiary/aromatic N) is 3. The third kappa shape index (κ3) is 5.17. The van der Waals surface area contributed by atoms with Crippen molar-refractivity contribution < 1.29 is 14.3 Å². The summed E-state index contributed by atoms with van der Waals surface area (Å²) in [7, 11) is 0. The molecule has 0 aliphatic carbocycles. The Hall–Kier alpha value is -3.78. The second-order valence-corrected chi connectivity index (χ2v) is 9.55.